The lowest BCUT2D eigenvalue weighted by Gasteiger charge is -2.14. The Kier molecular flexibility index (Phi) is 8.29. The summed E-state index contributed by atoms with van der Waals surface area (Å²) >= 11 is 5.94. The van der Waals surface area contributed by atoms with Crippen LogP contribution in [-0.4, -0.2) is 13.4 Å². The highest BCUT2D eigenvalue weighted by Gasteiger charge is 2.13. The number of nitrogens with one attached hydrogen (secondary N) is 1. The summed E-state index contributed by atoms with van der Waals surface area (Å²) in [7, 11) is 0. The molecule has 3 aromatic carbocycles. The molecule has 1 heterocycles. The smallest absolute Gasteiger partial charge is 0.231 e. The van der Waals surface area contributed by atoms with Crippen molar-refractivity contribution in [2.45, 2.75) is 26.6 Å². The molecule has 1 aliphatic heterocycles. The van der Waals surface area contributed by atoms with E-state index in [1.165, 1.54) is 0 Å². The molecule has 0 aromatic heterocycles. The number of hydrogen-bond donors (Lipinski definition) is 1. The van der Waals surface area contributed by atoms with Gasteiger partial charge in [0, 0.05) is 18.1 Å². The van der Waals surface area contributed by atoms with Crippen LogP contribution < -0.4 is 36.7 Å². The number of halogens is 2. The summed E-state index contributed by atoms with van der Waals surface area (Å²) in [6.45, 7) is 4.73. The van der Waals surface area contributed by atoms with Gasteiger partial charge in [-0.1, -0.05) is 35.9 Å². The fraction of sp³-hybridized carbons (Fsp3) is 0.250. The Bertz CT molecular complexity index is 995. The molecular weight excluding hydrogens is 437 g/mol. The van der Waals surface area contributed by atoms with E-state index < -0.39 is 0 Å². The third-order valence-corrected chi connectivity index (χ3v) is 4.96. The first-order valence-electron chi connectivity index (χ1n) is 9.93. The van der Waals surface area contributed by atoms with Crippen LogP contribution in [0.2, 0.25) is 5.02 Å². The van der Waals surface area contributed by atoms with Gasteiger partial charge in [0.15, 0.2) is 23.0 Å². The molecule has 0 fully saturated rings. The van der Waals surface area contributed by atoms with Gasteiger partial charge in [0.1, 0.15) is 6.61 Å². The second kappa shape index (κ2) is 11.1. The van der Waals surface area contributed by atoms with E-state index in [-0.39, 0.29) is 12.4 Å². The molecule has 7 heteroatoms. The molecule has 0 atom stereocenters. The summed E-state index contributed by atoms with van der Waals surface area (Å²) in [6.07, 6.45) is 0. The number of fused-ring (bicyclic) bond motifs is 1. The molecule has 4 rings (SSSR count). The first kappa shape index (κ1) is 23.1. The van der Waals surface area contributed by atoms with Crippen LogP contribution in [0.4, 0.5) is 0 Å². The predicted octanol–water partition coefficient (Wildman–Crippen LogP) is 2.34. The second-order valence-corrected chi connectivity index (χ2v) is 7.36. The predicted molar refractivity (Wildman–Crippen MR) is 117 cm³/mol. The minimum atomic E-state index is 0. The van der Waals surface area contributed by atoms with Crippen LogP contribution in [0.15, 0.2) is 60.7 Å². The van der Waals surface area contributed by atoms with Gasteiger partial charge in [-0.3, -0.25) is 0 Å². The summed E-state index contributed by atoms with van der Waals surface area (Å²) in [4.78, 5) is 0. The highest BCUT2D eigenvalue weighted by Crippen LogP contribution is 2.32. The van der Waals surface area contributed by atoms with Crippen molar-refractivity contribution in [3.05, 3.63) is 82.4 Å². The summed E-state index contributed by atoms with van der Waals surface area (Å²) in [5.41, 5.74) is 3.32. The molecule has 1 aliphatic rings. The van der Waals surface area contributed by atoms with E-state index >= 15 is 0 Å². The lowest BCUT2D eigenvalue weighted by molar-refractivity contribution is -0.00000829. The average Bonchev–Trinajstić information content (AvgIpc) is 3.22. The van der Waals surface area contributed by atoms with Crippen molar-refractivity contribution >= 4 is 11.6 Å². The summed E-state index contributed by atoms with van der Waals surface area (Å²) in [5.74, 6) is 3.07. The third kappa shape index (κ3) is 6.20. The zero-order valence-electron chi connectivity index (χ0n) is 17.2. The molecule has 3 aromatic rings. The maximum absolute atomic E-state index is 5.97. The zero-order chi connectivity index (χ0) is 20.8. The summed E-state index contributed by atoms with van der Waals surface area (Å²) in [5, 5.41) is 4.17. The Balaban J connectivity index is 0.00000272. The fourth-order valence-corrected chi connectivity index (χ4v) is 3.32. The standard InChI is InChI=1S/C24H24ClNO4.ClH/c1-2-27-23-11-18(5-9-21(23)28-15-17-3-7-20(25)8-4-17)13-26-14-19-6-10-22-24(12-19)30-16-29-22;/h3-12,26H,2,13-16H2,1H3;1H/p-1. The van der Waals surface area contributed by atoms with Gasteiger partial charge >= 0.3 is 0 Å². The van der Waals surface area contributed by atoms with E-state index in [0.717, 1.165) is 46.2 Å². The van der Waals surface area contributed by atoms with E-state index in [9.17, 15) is 0 Å². The largest absolute Gasteiger partial charge is 1.00 e. The third-order valence-electron chi connectivity index (χ3n) is 4.71. The van der Waals surface area contributed by atoms with Crippen LogP contribution in [0, 0.1) is 0 Å². The second-order valence-electron chi connectivity index (χ2n) is 6.92. The van der Waals surface area contributed by atoms with Gasteiger partial charge in [-0.2, -0.15) is 0 Å². The Morgan fingerprint density at radius 2 is 1.48 bits per heavy atom. The van der Waals surface area contributed by atoms with Gasteiger partial charge in [-0.25, -0.2) is 0 Å². The van der Waals surface area contributed by atoms with Crippen LogP contribution in [0.5, 0.6) is 23.0 Å². The zero-order valence-corrected chi connectivity index (χ0v) is 18.7. The van der Waals surface area contributed by atoms with Crippen LogP contribution >= 0.6 is 11.6 Å². The minimum absolute atomic E-state index is 0. The van der Waals surface area contributed by atoms with Gasteiger partial charge in [0.25, 0.3) is 0 Å². The molecular formula is C24H24Cl2NO4-. The monoisotopic (exact) mass is 460 g/mol. The molecule has 0 saturated carbocycles. The maximum Gasteiger partial charge on any atom is 0.231 e. The number of benzene rings is 3. The average molecular weight is 461 g/mol. The summed E-state index contributed by atoms with van der Waals surface area (Å²) < 4.78 is 22.6. The molecule has 1 N–H and O–H groups in total. The Hall–Kier alpha value is -2.60. The first-order chi connectivity index (χ1) is 14.7. The molecule has 31 heavy (non-hydrogen) atoms. The maximum atomic E-state index is 5.97. The van der Waals surface area contributed by atoms with Gasteiger partial charge in [-0.15, -0.1) is 0 Å². The van der Waals surface area contributed by atoms with E-state index in [1.54, 1.807) is 0 Å². The Morgan fingerprint density at radius 3 is 2.26 bits per heavy atom. The molecule has 0 bridgehead atoms. The van der Waals surface area contributed by atoms with Crippen molar-refractivity contribution in [1.29, 1.82) is 0 Å². The van der Waals surface area contributed by atoms with Gasteiger partial charge in [0.2, 0.25) is 6.79 Å². The molecule has 0 radical (unpaired) electrons. The van der Waals surface area contributed by atoms with Crippen LogP contribution in [0.3, 0.4) is 0 Å². The van der Waals surface area contributed by atoms with E-state index in [4.69, 9.17) is 30.5 Å². The minimum Gasteiger partial charge on any atom is -1.00 e. The SMILES string of the molecule is CCOc1cc(CNCc2ccc3c(c2)OCO3)ccc1OCc1ccc(Cl)cc1.[Cl-]. The summed E-state index contributed by atoms with van der Waals surface area (Å²) in [6, 6.07) is 19.7. The van der Waals surface area contributed by atoms with Crippen molar-refractivity contribution in [3.8, 4) is 23.0 Å². The van der Waals surface area contributed by atoms with E-state index in [2.05, 4.69) is 5.32 Å². The molecule has 5 nitrogen and oxygen atoms in total. The number of ether oxygens (including phenoxy) is 4. The van der Waals surface area contributed by atoms with Gasteiger partial charge < -0.3 is 36.7 Å². The molecule has 164 valence electrons. The lowest BCUT2D eigenvalue weighted by atomic mass is 10.1. The lowest BCUT2D eigenvalue weighted by Crippen LogP contribution is -3.00. The van der Waals surface area contributed by atoms with E-state index in [1.807, 2.05) is 67.6 Å². The van der Waals surface area contributed by atoms with Crippen molar-refractivity contribution in [2.24, 2.45) is 0 Å². The molecule has 0 saturated heterocycles. The fourth-order valence-electron chi connectivity index (χ4n) is 3.19. The molecule has 0 unspecified atom stereocenters. The quantitative estimate of drug-likeness (QED) is 0.530. The van der Waals surface area contributed by atoms with E-state index in [0.29, 0.717) is 31.6 Å². The highest BCUT2D eigenvalue weighted by molar-refractivity contribution is 6.30. The number of hydrogen-bond acceptors (Lipinski definition) is 5. The normalized spacial score (nSPS) is 11.7. The van der Waals surface area contributed by atoms with Crippen LogP contribution in [0.1, 0.15) is 23.6 Å². The van der Waals surface area contributed by atoms with Crippen molar-refractivity contribution < 1.29 is 31.4 Å². The Morgan fingerprint density at radius 1 is 0.806 bits per heavy atom. The topological polar surface area (TPSA) is 49.0 Å². The van der Waals surface area contributed by atoms with Crippen LogP contribution in [0.25, 0.3) is 0 Å². The van der Waals surface area contributed by atoms with Gasteiger partial charge in [-0.05, 0) is 60.0 Å². The van der Waals surface area contributed by atoms with Gasteiger partial charge in [0.05, 0.1) is 6.61 Å². The van der Waals surface area contributed by atoms with Crippen molar-refractivity contribution in [2.75, 3.05) is 13.4 Å². The van der Waals surface area contributed by atoms with Crippen LogP contribution in [-0.2, 0) is 19.7 Å². The molecule has 0 aliphatic carbocycles. The molecule has 0 amide bonds. The highest BCUT2D eigenvalue weighted by atomic mass is 35.5. The first-order valence-corrected chi connectivity index (χ1v) is 10.3. The Labute approximate surface area is 193 Å². The van der Waals surface area contributed by atoms with Crippen molar-refractivity contribution in [3.63, 3.8) is 0 Å². The number of rotatable bonds is 9. The molecule has 0 spiro atoms. The van der Waals surface area contributed by atoms with Crippen molar-refractivity contribution in [1.82, 2.24) is 5.32 Å².